The molecule has 1 aliphatic rings. The molecule has 25 heavy (non-hydrogen) atoms. The number of anilines is 1. The van der Waals surface area contributed by atoms with Crippen LogP contribution in [0.4, 0.5) is 5.69 Å². The van der Waals surface area contributed by atoms with Gasteiger partial charge in [0.05, 0.1) is 10.7 Å². The Bertz CT molecular complexity index is 786. The summed E-state index contributed by atoms with van der Waals surface area (Å²) in [6, 6.07) is 11.9. The molecule has 1 fully saturated rings. The lowest BCUT2D eigenvalue weighted by Crippen LogP contribution is -2.38. The van der Waals surface area contributed by atoms with Gasteiger partial charge in [0.1, 0.15) is 11.4 Å². The van der Waals surface area contributed by atoms with Gasteiger partial charge in [-0.1, -0.05) is 36.7 Å². The van der Waals surface area contributed by atoms with E-state index in [0.29, 0.717) is 22.3 Å². The number of para-hydroxylation sites is 1. The van der Waals surface area contributed by atoms with Crippen molar-refractivity contribution in [1.29, 1.82) is 0 Å². The Balaban J connectivity index is 1.73. The third-order valence-electron chi connectivity index (χ3n) is 4.39. The van der Waals surface area contributed by atoms with Crippen LogP contribution in [0.5, 0.6) is 0 Å². The summed E-state index contributed by atoms with van der Waals surface area (Å²) in [5.41, 5.74) is 0.996. The number of piperidine rings is 1. The first-order chi connectivity index (χ1) is 12.0. The first kappa shape index (κ1) is 17.4. The number of hydrogen-bond acceptors (Lipinski definition) is 3. The standard InChI is InChI=1S/C19H20ClN3O2/c1-13-9-11-23(12-10-13)19(25)17-8-4-7-16(21-17)18(24)22-15-6-3-2-5-14(15)20/h2-8,13H,9-12H2,1H3,(H,22,24). The summed E-state index contributed by atoms with van der Waals surface area (Å²) in [5.74, 6) is 0.124. The average Bonchev–Trinajstić information content (AvgIpc) is 2.64. The van der Waals surface area contributed by atoms with Crippen molar-refractivity contribution in [1.82, 2.24) is 9.88 Å². The van der Waals surface area contributed by atoms with E-state index in [-0.39, 0.29) is 11.6 Å². The number of nitrogens with zero attached hydrogens (tertiary/aromatic N) is 2. The van der Waals surface area contributed by atoms with Gasteiger partial charge in [0.2, 0.25) is 0 Å². The summed E-state index contributed by atoms with van der Waals surface area (Å²) in [5, 5.41) is 3.17. The van der Waals surface area contributed by atoms with E-state index in [0.717, 1.165) is 25.9 Å². The number of likely N-dealkylation sites (tertiary alicyclic amines) is 1. The van der Waals surface area contributed by atoms with Gasteiger partial charge < -0.3 is 10.2 Å². The fourth-order valence-corrected chi connectivity index (χ4v) is 2.99. The summed E-state index contributed by atoms with van der Waals surface area (Å²) >= 11 is 6.05. The van der Waals surface area contributed by atoms with E-state index < -0.39 is 5.91 Å². The number of aromatic nitrogens is 1. The number of pyridine rings is 1. The largest absolute Gasteiger partial charge is 0.337 e. The molecule has 0 atom stereocenters. The van der Waals surface area contributed by atoms with Crippen molar-refractivity contribution in [2.75, 3.05) is 18.4 Å². The number of hydrogen-bond donors (Lipinski definition) is 1. The summed E-state index contributed by atoms with van der Waals surface area (Å²) in [6.07, 6.45) is 2.00. The van der Waals surface area contributed by atoms with Gasteiger partial charge >= 0.3 is 0 Å². The van der Waals surface area contributed by atoms with Gasteiger partial charge in [-0.25, -0.2) is 4.98 Å². The van der Waals surface area contributed by atoms with Gasteiger partial charge in [0.25, 0.3) is 11.8 Å². The Morgan fingerprint density at radius 3 is 2.48 bits per heavy atom. The molecule has 2 amide bonds. The maximum Gasteiger partial charge on any atom is 0.274 e. The average molecular weight is 358 g/mol. The van der Waals surface area contributed by atoms with Crippen molar-refractivity contribution in [2.45, 2.75) is 19.8 Å². The Morgan fingerprint density at radius 1 is 1.08 bits per heavy atom. The molecule has 0 aliphatic carbocycles. The summed E-state index contributed by atoms with van der Waals surface area (Å²) in [6.45, 7) is 3.66. The van der Waals surface area contributed by atoms with Crippen molar-refractivity contribution in [3.05, 3.63) is 58.9 Å². The lowest BCUT2D eigenvalue weighted by molar-refractivity contribution is 0.0691. The zero-order valence-electron chi connectivity index (χ0n) is 14.0. The Kier molecular flexibility index (Phi) is 5.34. The predicted octanol–water partition coefficient (Wildman–Crippen LogP) is 3.86. The predicted molar refractivity (Wildman–Crippen MR) is 97.9 cm³/mol. The summed E-state index contributed by atoms with van der Waals surface area (Å²) < 4.78 is 0. The quantitative estimate of drug-likeness (QED) is 0.907. The van der Waals surface area contributed by atoms with E-state index in [9.17, 15) is 9.59 Å². The monoisotopic (exact) mass is 357 g/mol. The number of amides is 2. The van der Waals surface area contributed by atoms with Gasteiger partial charge in [0, 0.05) is 13.1 Å². The lowest BCUT2D eigenvalue weighted by Gasteiger charge is -2.30. The summed E-state index contributed by atoms with van der Waals surface area (Å²) in [4.78, 5) is 31.1. The van der Waals surface area contributed by atoms with E-state index in [2.05, 4.69) is 17.2 Å². The van der Waals surface area contributed by atoms with Gasteiger partial charge in [-0.3, -0.25) is 9.59 Å². The molecule has 1 saturated heterocycles. The SMILES string of the molecule is CC1CCN(C(=O)c2cccc(C(=O)Nc3ccccc3Cl)n2)CC1. The van der Waals surface area contributed by atoms with Gasteiger partial charge in [0.15, 0.2) is 0 Å². The zero-order valence-corrected chi connectivity index (χ0v) is 14.8. The second-order valence-corrected chi connectivity index (χ2v) is 6.72. The highest BCUT2D eigenvalue weighted by molar-refractivity contribution is 6.33. The van der Waals surface area contributed by atoms with Gasteiger partial charge in [-0.2, -0.15) is 0 Å². The smallest absolute Gasteiger partial charge is 0.274 e. The maximum absolute atomic E-state index is 12.6. The molecule has 1 aliphatic heterocycles. The highest BCUT2D eigenvalue weighted by Crippen LogP contribution is 2.21. The molecule has 1 aromatic carbocycles. The van der Waals surface area contributed by atoms with Crippen LogP contribution in [0.1, 0.15) is 40.7 Å². The second kappa shape index (κ2) is 7.66. The van der Waals surface area contributed by atoms with E-state index in [1.165, 1.54) is 0 Å². The topological polar surface area (TPSA) is 62.3 Å². The number of carbonyl (C=O) groups excluding carboxylic acids is 2. The first-order valence-corrected chi connectivity index (χ1v) is 8.74. The minimum absolute atomic E-state index is 0.126. The van der Waals surface area contributed by atoms with Gasteiger partial charge in [-0.15, -0.1) is 0 Å². The molecule has 0 bridgehead atoms. The number of carbonyl (C=O) groups is 2. The van der Waals surface area contributed by atoms with E-state index >= 15 is 0 Å². The molecule has 130 valence electrons. The van der Waals surface area contributed by atoms with E-state index in [1.54, 1.807) is 47.4 Å². The molecule has 1 N–H and O–H groups in total. The molecule has 3 rings (SSSR count). The maximum atomic E-state index is 12.6. The van der Waals surface area contributed by atoms with Crippen LogP contribution in [0.25, 0.3) is 0 Å². The van der Waals surface area contributed by atoms with E-state index in [1.807, 2.05) is 0 Å². The Hall–Kier alpha value is -2.40. The van der Waals surface area contributed by atoms with Gasteiger partial charge in [-0.05, 0) is 43.0 Å². The van der Waals surface area contributed by atoms with Crippen LogP contribution in [0.2, 0.25) is 5.02 Å². The molecule has 0 radical (unpaired) electrons. The summed E-state index contributed by atoms with van der Waals surface area (Å²) in [7, 11) is 0. The normalized spacial score (nSPS) is 15.0. The fraction of sp³-hybridized carbons (Fsp3) is 0.316. The molecular weight excluding hydrogens is 338 g/mol. The molecule has 2 aromatic rings. The van der Waals surface area contributed by atoms with Crippen LogP contribution in [0, 0.1) is 5.92 Å². The minimum atomic E-state index is -0.394. The highest BCUT2D eigenvalue weighted by Gasteiger charge is 2.23. The van der Waals surface area contributed by atoms with E-state index in [4.69, 9.17) is 11.6 Å². The van der Waals surface area contributed by atoms with Crippen LogP contribution >= 0.6 is 11.6 Å². The zero-order chi connectivity index (χ0) is 17.8. The number of benzene rings is 1. The molecule has 0 saturated carbocycles. The molecular formula is C19H20ClN3O2. The Morgan fingerprint density at radius 2 is 1.76 bits per heavy atom. The van der Waals surface area contributed by atoms with Crippen molar-refractivity contribution in [3.63, 3.8) is 0 Å². The van der Waals surface area contributed by atoms with Crippen molar-refractivity contribution in [3.8, 4) is 0 Å². The lowest BCUT2D eigenvalue weighted by atomic mass is 9.99. The van der Waals surface area contributed by atoms with Crippen LogP contribution in [-0.4, -0.2) is 34.8 Å². The Labute approximate surface area is 152 Å². The number of halogens is 1. The van der Waals surface area contributed by atoms with Crippen LogP contribution in [0.15, 0.2) is 42.5 Å². The van der Waals surface area contributed by atoms with Crippen LogP contribution < -0.4 is 5.32 Å². The molecule has 5 nitrogen and oxygen atoms in total. The van der Waals surface area contributed by atoms with Crippen LogP contribution in [0.3, 0.4) is 0 Å². The molecule has 6 heteroatoms. The fourth-order valence-electron chi connectivity index (χ4n) is 2.80. The third-order valence-corrected chi connectivity index (χ3v) is 4.72. The van der Waals surface area contributed by atoms with Crippen molar-refractivity contribution in [2.24, 2.45) is 5.92 Å². The second-order valence-electron chi connectivity index (χ2n) is 6.32. The third kappa shape index (κ3) is 4.17. The number of nitrogens with one attached hydrogen (secondary N) is 1. The number of rotatable bonds is 3. The van der Waals surface area contributed by atoms with Crippen molar-refractivity contribution < 1.29 is 9.59 Å². The molecule has 0 unspecified atom stereocenters. The minimum Gasteiger partial charge on any atom is -0.337 e. The van der Waals surface area contributed by atoms with Crippen molar-refractivity contribution >= 4 is 29.1 Å². The van der Waals surface area contributed by atoms with Crippen LogP contribution in [-0.2, 0) is 0 Å². The molecule has 2 heterocycles. The highest BCUT2D eigenvalue weighted by atomic mass is 35.5. The molecule has 1 aromatic heterocycles. The molecule has 0 spiro atoms. The first-order valence-electron chi connectivity index (χ1n) is 8.37.